The highest BCUT2D eigenvalue weighted by Gasteiger charge is 2.22. The van der Waals surface area contributed by atoms with Crippen molar-refractivity contribution in [1.82, 2.24) is 34.2 Å². The maximum absolute atomic E-state index is 4.84. The molecule has 0 amide bonds. The summed E-state index contributed by atoms with van der Waals surface area (Å²) in [5.74, 6) is 1.82. The third-order valence-electron chi connectivity index (χ3n) is 5.74. The van der Waals surface area contributed by atoms with Gasteiger partial charge in [-0.3, -0.25) is 9.88 Å². The summed E-state index contributed by atoms with van der Waals surface area (Å²) in [4.78, 5) is 16.1. The van der Waals surface area contributed by atoms with Crippen LogP contribution in [0.5, 0.6) is 0 Å². The van der Waals surface area contributed by atoms with E-state index in [1.165, 1.54) is 0 Å². The van der Waals surface area contributed by atoms with Crippen molar-refractivity contribution in [2.75, 3.05) is 4.90 Å². The van der Waals surface area contributed by atoms with Crippen LogP contribution >= 0.6 is 0 Å². The Hall–Kier alpha value is -3.81. The third kappa shape index (κ3) is 4.16. The summed E-state index contributed by atoms with van der Waals surface area (Å²) in [7, 11) is 0. The fourth-order valence-corrected chi connectivity index (χ4v) is 4.06. The molecular formula is C25H28N8. The molecule has 5 aromatic heterocycles. The quantitative estimate of drug-likeness (QED) is 0.309. The molecule has 8 nitrogen and oxygen atoms in total. The summed E-state index contributed by atoms with van der Waals surface area (Å²) in [6.07, 6.45) is 13.5. The van der Waals surface area contributed by atoms with Gasteiger partial charge in [0.1, 0.15) is 11.6 Å². The molecule has 168 valence electrons. The standard InChI is InChI=1S/C25H28N8/c1-3-5-7-19-17-24(32-22(29-19)11-15-27-32)31(21-9-13-26-14-10-21)25-18-20(8-6-4-2)30-23-12-16-28-33(23)25/h9-18H,3-8H2,1-2H3. The first kappa shape index (κ1) is 21.1. The first-order valence-corrected chi connectivity index (χ1v) is 11.7. The van der Waals surface area contributed by atoms with Crippen molar-refractivity contribution < 1.29 is 0 Å². The average molecular weight is 441 g/mol. The summed E-state index contributed by atoms with van der Waals surface area (Å²) in [5, 5.41) is 9.21. The lowest BCUT2D eigenvalue weighted by Gasteiger charge is -2.26. The maximum Gasteiger partial charge on any atom is 0.157 e. The Labute approximate surface area is 192 Å². The molecule has 0 atom stereocenters. The van der Waals surface area contributed by atoms with Gasteiger partial charge < -0.3 is 0 Å². The molecule has 0 aliphatic heterocycles. The molecule has 33 heavy (non-hydrogen) atoms. The second-order valence-electron chi connectivity index (χ2n) is 8.16. The predicted molar refractivity (Wildman–Crippen MR) is 129 cm³/mol. The highest BCUT2D eigenvalue weighted by molar-refractivity contribution is 5.75. The molecule has 0 saturated heterocycles. The number of hydrogen-bond donors (Lipinski definition) is 0. The van der Waals surface area contributed by atoms with Crippen LogP contribution in [0.4, 0.5) is 17.3 Å². The molecule has 0 bridgehead atoms. The monoisotopic (exact) mass is 440 g/mol. The minimum Gasteiger partial charge on any atom is -0.279 e. The van der Waals surface area contributed by atoms with E-state index in [9.17, 15) is 0 Å². The van der Waals surface area contributed by atoms with Crippen molar-refractivity contribution in [2.24, 2.45) is 0 Å². The molecule has 0 fully saturated rings. The van der Waals surface area contributed by atoms with Gasteiger partial charge in [0.25, 0.3) is 0 Å². The zero-order valence-corrected chi connectivity index (χ0v) is 19.1. The fraction of sp³-hybridized carbons (Fsp3) is 0.320. The molecule has 0 aliphatic rings. The molecule has 0 aliphatic carbocycles. The Kier molecular flexibility index (Phi) is 5.97. The Morgan fingerprint density at radius 3 is 1.70 bits per heavy atom. The van der Waals surface area contributed by atoms with Crippen molar-refractivity contribution in [2.45, 2.75) is 52.4 Å². The molecule has 0 radical (unpaired) electrons. The Morgan fingerprint density at radius 2 is 1.21 bits per heavy atom. The second-order valence-corrected chi connectivity index (χ2v) is 8.16. The number of hydrogen-bond acceptors (Lipinski definition) is 6. The lowest BCUT2D eigenvalue weighted by molar-refractivity contribution is 0.767. The Morgan fingerprint density at radius 1 is 0.697 bits per heavy atom. The van der Waals surface area contributed by atoms with Crippen LogP contribution in [0.15, 0.2) is 61.2 Å². The van der Waals surface area contributed by atoms with Crippen LogP contribution in [-0.4, -0.2) is 34.2 Å². The highest BCUT2D eigenvalue weighted by atomic mass is 15.4. The molecule has 5 aromatic rings. The minimum atomic E-state index is 0.828. The number of rotatable bonds is 9. The maximum atomic E-state index is 4.84. The zero-order chi connectivity index (χ0) is 22.6. The normalized spacial score (nSPS) is 11.5. The average Bonchev–Trinajstić information content (AvgIpc) is 3.52. The van der Waals surface area contributed by atoms with Crippen molar-refractivity contribution in [1.29, 1.82) is 0 Å². The SMILES string of the molecule is CCCCc1cc(N(c2ccncc2)c2cc(CCCC)nc3ccnn23)n2nccc2n1. The lowest BCUT2D eigenvalue weighted by atomic mass is 10.2. The smallest absolute Gasteiger partial charge is 0.157 e. The van der Waals surface area contributed by atoms with Gasteiger partial charge in [-0.05, 0) is 37.8 Å². The molecule has 0 N–H and O–H groups in total. The molecule has 8 heteroatoms. The van der Waals surface area contributed by atoms with Crippen LogP contribution in [0.3, 0.4) is 0 Å². The van der Waals surface area contributed by atoms with E-state index in [-0.39, 0.29) is 0 Å². The van der Waals surface area contributed by atoms with Gasteiger partial charge in [-0.15, -0.1) is 0 Å². The van der Waals surface area contributed by atoms with Gasteiger partial charge in [-0.25, -0.2) is 9.97 Å². The van der Waals surface area contributed by atoms with Crippen LogP contribution in [0.1, 0.15) is 50.9 Å². The number of fused-ring (bicyclic) bond motifs is 2. The van der Waals surface area contributed by atoms with Gasteiger partial charge in [0, 0.05) is 48.0 Å². The topological polar surface area (TPSA) is 76.5 Å². The number of unbranched alkanes of at least 4 members (excludes halogenated alkanes) is 2. The molecular weight excluding hydrogens is 412 g/mol. The number of nitrogens with zero attached hydrogens (tertiary/aromatic N) is 8. The van der Waals surface area contributed by atoms with E-state index in [0.717, 1.165) is 78.5 Å². The van der Waals surface area contributed by atoms with E-state index in [1.807, 2.05) is 33.3 Å². The highest BCUT2D eigenvalue weighted by Crippen LogP contribution is 2.35. The fourth-order valence-electron chi connectivity index (χ4n) is 4.06. The Balaban J connectivity index is 1.76. The Bertz CT molecular complexity index is 1270. The zero-order valence-electron chi connectivity index (χ0n) is 19.1. The van der Waals surface area contributed by atoms with Gasteiger partial charge in [0.05, 0.1) is 18.1 Å². The van der Waals surface area contributed by atoms with Crippen LogP contribution in [-0.2, 0) is 12.8 Å². The summed E-state index contributed by atoms with van der Waals surface area (Å²) in [6, 6.07) is 12.2. The summed E-state index contributed by atoms with van der Waals surface area (Å²) >= 11 is 0. The van der Waals surface area contributed by atoms with Crippen LogP contribution in [0.2, 0.25) is 0 Å². The molecule has 0 spiro atoms. The van der Waals surface area contributed by atoms with Crippen LogP contribution in [0.25, 0.3) is 11.3 Å². The number of aryl methyl sites for hydroxylation is 2. The second kappa shape index (κ2) is 9.36. The van der Waals surface area contributed by atoms with Gasteiger partial charge in [-0.1, -0.05) is 26.7 Å². The van der Waals surface area contributed by atoms with E-state index in [4.69, 9.17) is 9.97 Å². The molecule has 0 unspecified atom stereocenters. The van der Waals surface area contributed by atoms with Crippen molar-refractivity contribution in [3.63, 3.8) is 0 Å². The summed E-state index contributed by atoms with van der Waals surface area (Å²) in [6.45, 7) is 4.40. The minimum absolute atomic E-state index is 0.828. The van der Waals surface area contributed by atoms with Crippen LogP contribution in [0, 0.1) is 0 Å². The van der Waals surface area contributed by atoms with Crippen LogP contribution < -0.4 is 4.90 Å². The molecule has 5 rings (SSSR count). The van der Waals surface area contributed by atoms with Gasteiger partial charge in [0.15, 0.2) is 11.3 Å². The van der Waals surface area contributed by atoms with Crippen molar-refractivity contribution in [3.8, 4) is 0 Å². The van der Waals surface area contributed by atoms with E-state index in [1.54, 1.807) is 24.8 Å². The van der Waals surface area contributed by atoms with E-state index in [0.29, 0.717) is 0 Å². The van der Waals surface area contributed by atoms with Crippen molar-refractivity contribution in [3.05, 3.63) is 72.6 Å². The summed E-state index contributed by atoms with van der Waals surface area (Å²) < 4.78 is 3.77. The summed E-state index contributed by atoms with van der Waals surface area (Å²) in [5.41, 5.74) is 4.73. The predicted octanol–water partition coefficient (Wildman–Crippen LogP) is 5.32. The molecule has 0 saturated carbocycles. The van der Waals surface area contributed by atoms with E-state index < -0.39 is 0 Å². The van der Waals surface area contributed by atoms with Gasteiger partial charge in [0.2, 0.25) is 0 Å². The first-order valence-electron chi connectivity index (χ1n) is 11.7. The lowest BCUT2D eigenvalue weighted by Crippen LogP contribution is -2.19. The van der Waals surface area contributed by atoms with E-state index >= 15 is 0 Å². The number of anilines is 3. The van der Waals surface area contributed by atoms with Gasteiger partial charge in [-0.2, -0.15) is 19.2 Å². The van der Waals surface area contributed by atoms with Gasteiger partial charge >= 0.3 is 0 Å². The first-order chi connectivity index (χ1) is 16.3. The molecule has 5 heterocycles. The van der Waals surface area contributed by atoms with Crippen molar-refractivity contribution >= 4 is 28.6 Å². The number of pyridine rings is 1. The molecule has 0 aromatic carbocycles. The number of aromatic nitrogens is 7. The third-order valence-corrected chi connectivity index (χ3v) is 5.74. The largest absolute Gasteiger partial charge is 0.279 e. The van der Waals surface area contributed by atoms with E-state index in [2.05, 4.69) is 46.1 Å².